The summed E-state index contributed by atoms with van der Waals surface area (Å²) in [4.78, 5) is 7.76. The number of para-hydroxylation sites is 1. The third kappa shape index (κ3) is 4.82. The fraction of sp³-hybridized carbons (Fsp3) is 0.107. The molecule has 0 saturated heterocycles. The normalized spacial score (nSPS) is 11.6. The molecule has 7 heteroatoms. The van der Waals surface area contributed by atoms with E-state index in [1.165, 1.54) is 0 Å². The van der Waals surface area contributed by atoms with E-state index in [9.17, 15) is 8.42 Å². The molecular weight excluding hydrogens is 458 g/mol. The molecule has 0 aliphatic rings. The average molecular weight is 484 g/mol. The van der Waals surface area contributed by atoms with Gasteiger partial charge in [-0.3, -0.25) is 4.98 Å². The summed E-state index contributed by atoms with van der Waals surface area (Å²) in [6.45, 7) is 0.277. The number of methoxy groups -OCH3 is 1. The van der Waals surface area contributed by atoms with Crippen LogP contribution >= 0.6 is 0 Å². The van der Waals surface area contributed by atoms with Crippen LogP contribution in [0.1, 0.15) is 5.56 Å². The number of rotatable bonds is 8. The van der Waals surface area contributed by atoms with Crippen molar-refractivity contribution in [3.8, 4) is 28.1 Å². The van der Waals surface area contributed by atoms with Crippen molar-refractivity contribution in [2.75, 3.05) is 13.7 Å². The summed E-state index contributed by atoms with van der Waals surface area (Å²) >= 11 is 0. The van der Waals surface area contributed by atoms with E-state index in [-0.39, 0.29) is 11.4 Å². The van der Waals surface area contributed by atoms with Gasteiger partial charge in [0.25, 0.3) is 0 Å². The van der Waals surface area contributed by atoms with Crippen LogP contribution in [0.3, 0.4) is 0 Å². The van der Waals surface area contributed by atoms with Gasteiger partial charge in [-0.1, -0.05) is 30.3 Å². The maximum Gasteiger partial charge on any atom is 0.240 e. The molecule has 6 nitrogen and oxygen atoms in total. The number of hydrogen-bond acceptors (Lipinski definition) is 4. The first kappa shape index (κ1) is 22.8. The first-order valence-electron chi connectivity index (χ1n) is 11.3. The molecule has 176 valence electrons. The van der Waals surface area contributed by atoms with E-state index in [2.05, 4.69) is 20.8 Å². The van der Waals surface area contributed by atoms with Crippen LogP contribution in [0.2, 0.25) is 0 Å². The van der Waals surface area contributed by atoms with E-state index in [1.807, 2.05) is 66.7 Å². The quantitative estimate of drug-likeness (QED) is 0.308. The predicted molar refractivity (Wildman–Crippen MR) is 139 cm³/mol. The maximum atomic E-state index is 13.0. The van der Waals surface area contributed by atoms with E-state index in [0.717, 1.165) is 44.6 Å². The highest BCUT2D eigenvalue weighted by Gasteiger charge is 2.17. The second-order valence-electron chi connectivity index (χ2n) is 8.16. The van der Waals surface area contributed by atoms with Gasteiger partial charge in [0.15, 0.2) is 0 Å². The van der Waals surface area contributed by atoms with Crippen LogP contribution in [0.25, 0.3) is 33.3 Å². The number of hydrogen-bond donors (Lipinski definition) is 2. The first-order valence-corrected chi connectivity index (χ1v) is 12.8. The topological polar surface area (TPSA) is 84.1 Å². The standard InChI is InChI=1S/C28H25N3O3S/c1-34-23-10-6-22(7-11-23)28-26(25-4-2-3-5-27(25)31-28)16-19-30-35(32,33)24-12-8-20(9-13-24)21-14-17-29-18-15-21/h2-15,17-18,30-31H,16,19H2,1H3. The van der Waals surface area contributed by atoms with Crippen molar-refractivity contribution >= 4 is 20.9 Å². The highest BCUT2D eigenvalue weighted by molar-refractivity contribution is 7.89. The Bertz CT molecular complexity index is 1540. The molecule has 0 aliphatic heterocycles. The van der Waals surface area contributed by atoms with E-state index >= 15 is 0 Å². The van der Waals surface area contributed by atoms with Gasteiger partial charge in [0.2, 0.25) is 10.0 Å². The molecule has 2 N–H and O–H groups in total. The monoisotopic (exact) mass is 483 g/mol. The van der Waals surface area contributed by atoms with Gasteiger partial charge in [-0.25, -0.2) is 13.1 Å². The van der Waals surface area contributed by atoms with E-state index in [1.54, 1.807) is 31.6 Å². The van der Waals surface area contributed by atoms with Gasteiger partial charge in [0.05, 0.1) is 12.0 Å². The van der Waals surface area contributed by atoms with Crippen molar-refractivity contribution in [1.82, 2.24) is 14.7 Å². The lowest BCUT2D eigenvalue weighted by atomic mass is 10.0. The Hall–Kier alpha value is -3.94. The molecule has 0 bridgehead atoms. The van der Waals surface area contributed by atoms with Crippen LogP contribution in [-0.4, -0.2) is 32.0 Å². The van der Waals surface area contributed by atoms with Crippen LogP contribution in [0, 0.1) is 0 Å². The molecule has 0 spiro atoms. The highest BCUT2D eigenvalue weighted by atomic mass is 32.2. The number of aromatic nitrogens is 2. The Morgan fingerprint density at radius 2 is 1.49 bits per heavy atom. The molecule has 0 unspecified atom stereocenters. The minimum Gasteiger partial charge on any atom is -0.497 e. The van der Waals surface area contributed by atoms with Gasteiger partial charge in [0, 0.05) is 35.5 Å². The number of pyridine rings is 1. The lowest BCUT2D eigenvalue weighted by molar-refractivity contribution is 0.415. The zero-order chi connectivity index (χ0) is 24.3. The molecule has 5 rings (SSSR count). The Morgan fingerprint density at radius 3 is 2.20 bits per heavy atom. The predicted octanol–water partition coefficient (Wildman–Crippen LogP) is 5.43. The van der Waals surface area contributed by atoms with Gasteiger partial charge < -0.3 is 9.72 Å². The molecule has 0 radical (unpaired) electrons. The van der Waals surface area contributed by atoms with Crippen molar-refractivity contribution in [2.24, 2.45) is 0 Å². The van der Waals surface area contributed by atoms with E-state index in [4.69, 9.17) is 4.74 Å². The van der Waals surface area contributed by atoms with Crippen molar-refractivity contribution in [3.63, 3.8) is 0 Å². The van der Waals surface area contributed by atoms with Crippen LogP contribution in [0.15, 0.2) is 102 Å². The molecule has 35 heavy (non-hydrogen) atoms. The zero-order valence-corrected chi connectivity index (χ0v) is 20.0. The minimum atomic E-state index is -3.64. The van der Waals surface area contributed by atoms with Crippen LogP contribution in [0.4, 0.5) is 0 Å². The van der Waals surface area contributed by atoms with Crippen LogP contribution < -0.4 is 9.46 Å². The smallest absolute Gasteiger partial charge is 0.240 e. The average Bonchev–Trinajstić information content (AvgIpc) is 3.28. The molecule has 5 aromatic rings. The van der Waals surface area contributed by atoms with Crippen molar-refractivity contribution in [2.45, 2.75) is 11.3 Å². The molecule has 3 aromatic carbocycles. The fourth-order valence-electron chi connectivity index (χ4n) is 4.23. The molecule has 0 saturated carbocycles. The molecular formula is C28H25N3O3S. The SMILES string of the molecule is COc1ccc(-c2[nH]c3ccccc3c2CCNS(=O)(=O)c2ccc(-c3ccncc3)cc2)cc1. The van der Waals surface area contributed by atoms with Crippen molar-refractivity contribution in [3.05, 3.63) is 103 Å². The number of fused-ring (bicyclic) bond motifs is 1. The highest BCUT2D eigenvalue weighted by Crippen LogP contribution is 2.31. The minimum absolute atomic E-state index is 0.240. The summed E-state index contributed by atoms with van der Waals surface area (Å²) in [5.74, 6) is 0.786. The Balaban J connectivity index is 1.35. The van der Waals surface area contributed by atoms with Gasteiger partial charge in [-0.15, -0.1) is 0 Å². The van der Waals surface area contributed by atoms with E-state index in [0.29, 0.717) is 6.42 Å². The third-order valence-corrected chi connectivity index (χ3v) is 7.51. The number of aromatic amines is 1. The second kappa shape index (κ2) is 9.74. The Morgan fingerprint density at radius 1 is 0.829 bits per heavy atom. The Kier molecular flexibility index (Phi) is 6.35. The summed E-state index contributed by atoms with van der Waals surface area (Å²) in [5, 5.41) is 1.08. The third-order valence-electron chi connectivity index (χ3n) is 6.04. The van der Waals surface area contributed by atoms with Gasteiger partial charge in [0.1, 0.15) is 5.75 Å². The molecule has 2 heterocycles. The van der Waals surface area contributed by atoms with Crippen LogP contribution in [-0.2, 0) is 16.4 Å². The molecule has 0 fully saturated rings. The summed E-state index contributed by atoms with van der Waals surface area (Å²) in [7, 11) is -2.00. The number of nitrogens with one attached hydrogen (secondary N) is 2. The van der Waals surface area contributed by atoms with Crippen molar-refractivity contribution in [1.29, 1.82) is 0 Å². The number of H-pyrrole nitrogens is 1. The van der Waals surface area contributed by atoms with Gasteiger partial charge >= 0.3 is 0 Å². The van der Waals surface area contributed by atoms with E-state index < -0.39 is 10.0 Å². The first-order chi connectivity index (χ1) is 17.0. The number of nitrogens with zero attached hydrogens (tertiary/aromatic N) is 1. The summed E-state index contributed by atoms with van der Waals surface area (Å²) in [5.41, 5.74) is 6.02. The number of ether oxygens (including phenoxy) is 1. The molecule has 0 aliphatic carbocycles. The number of sulfonamides is 1. The maximum absolute atomic E-state index is 13.0. The second-order valence-corrected chi connectivity index (χ2v) is 9.93. The zero-order valence-electron chi connectivity index (χ0n) is 19.2. The molecule has 2 aromatic heterocycles. The molecule has 0 atom stereocenters. The van der Waals surface area contributed by atoms with Crippen LogP contribution in [0.5, 0.6) is 5.75 Å². The number of benzene rings is 3. The fourth-order valence-corrected chi connectivity index (χ4v) is 5.26. The summed E-state index contributed by atoms with van der Waals surface area (Å²) < 4.78 is 34.0. The summed E-state index contributed by atoms with van der Waals surface area (Å²) in [6, 6.07) is 26.6. The Labute approximate surface area is 204 Å². The summed E-state index contributed by atoms with van der Waals surface area (Å²) in [6.07, 6.45) is 3.97. The lowest BCUT2D eigenvalue weighted by Crippen LogP contribution is -2.26. The van der Waals surface area contributed by atoms with Gasteiger partial charge in [-0.05, 0) is 83.3 Å². The lowest BCUT2D eigenvalue weighted by Gasteiger charge is -2.10. The molecule has 0 amide bonds. The van der Waals surface area contributed by atoms with Crippen molar-refractivity contribution < 1.29 is 13.2 Å². The largest absolute Gasteiger partial charge is 0.497 e. The van der Waals surface area contributed by atoms with Gasteiger partial charge in [-0.2, -0.15) is 0 Å².